The molecule has 1 N–H and O–H groups in total. The Labute approximate surface area is 117 Å². The van der Waals surface area contributed by atoms with Gasteiger partial charge >= 0.3 is 0 Å². The predicted molar refractivity (Wildman–Crippen MR) is 84.7 cm³/mol. The smallest absolute Gasteiger partial charge is 0.116 e. The molecule has 2 aromatic heterocycles. The molecule has 18 heavy (non-hydrogen) atoms. The molecular weight excluding hydrogens is 278 g/mol. The standard InChI is InChI=1S/C13H17NOS2Si/c1-14(5-6-15)11-8-10-13(17-11)12-9(4-7-16-12)18(10,2)3/h4,7-8,15H,5-6H2,1-3H3. The summed E-state index contributed by atoms with van der Waals surface area (Å²) in [5.41, 5.74) is 0. The van der Waals surface area contributed by atoms with Crippen molar-refractivity contribution in [1.82, 2.24) is 0 Å². The number of aliphatic hydroxyl groups is 1. The maximum Gasteiger partial charge on any atom is 0.116 e. The minimum absolute atomic E-state index is 0.212. The Morgan fingerprint density at radius 1 is 1.28 bits per heavy atom. The van der Waals surface area contributed by atoms with Gasteiger partial charge in [0.2, 0.25) is 0 Å². The second-order valence-corrected chi connectivity index (χ2v) is 11.5. The number of nitrogens with zero attached hydrogens (tertiary/aromatic N) is 1. The number of likely N-dealkylation sites (N-methyl/N-ethyl adjacent to an activating group) is 1. The van der Waals surface area contributed by atoms with Crippen molar-refractivity contribution < 1.29 is 5.11 Å². The van der Waals surface area contributed by atoms with Crippen molar-refractivity contribution in [2.24, 2.45) is 0 Å². The van der Waals surface area contributed by atoms with Crippen molar-refractivity contribution in [3.8, 4) is 9.75 Å². The highest BCUT2D eigenvalue weighted by molar-refractivity contribution is 7.30. The Morgan fingerprint density at radius 2 is 2.06 bits per heavy atom. The minimum Gasteiger partial charge on any atom is -0.395 e. The predicted octanol–water partition coefficient (Wildman–Crippen LogP) is 2.04. The third-order valence-electron chi connectivity index (χ3n) is 3.75. The summed E-state index contributed by atoms with van der Waals surface area (Å²) in [6, 6.07) is 4.67. The van der Waals surface area contributed by atoms with Gasteiger partial charge in [0.25, 0.3) is 0 Å². The fraction of sp³-hybridized carbons (Fsp3) is 0.385. The maximum absolute atomic E-state index is 9.05. The van der Waals surface area contributed by atoms with E-state index in [0.717, 1.165) is 0 Å². The van der Waals surface area contributed by atoms with E-state index in [0.29, 0.717) is 6.54 Å². The van der Waals surface area contributed by atoms with Gasteiger partial charge in [0.05, 0.1) is 11.6 Å². The Kier molecular flexibility index (Phi) is 2.89. The summed E-state index contributed by atoms with van der Waals surface area (Å²) in [5.74, 6) is 0. The third kappa shape index (κ3) is 1.61. The highest BCUT2D eigenvalue weighted by Gasteiger charge is 2.40. The van der Waals surface area contributed by atoms with Gasteiger partial charge in [-0.05, 0) is 21.8 Å². The van der Waals surface area contributed by atoms with Gasteiger partial charge in [-0.2, -0.15) is 0 Å². The van der Waals surface area contributed by atoms with Gasteiger partial charge in [0.15, 0.2) is 0 Å². The van der Waals surface area contributed by atoms with Crippen molar-refractivity contribution in [3.63, 3.8) is 0 Å². The summed E-state index contributed by atoms with van der Waals surface area (Å²) < 4.78 is 0. The van der Waals surface area contributed by atoms with Gasteiger partial charge in [-0.3, -0.25) is 0 Å². The van der Waals surface area contributed by atoms with Gasteiger partial charge in [0, 0.05) is 23.3 Å². The Balaban J connectivity index is 2.09. The molecule has 0 saturated heterocycles. The molecule has 0 unspecified atom stereocenters. The van der Waals surface area contributed by atoms with E-state index in [9.17, 15) is 0 Å². The minimum atomic E-state index is -1.45. The average Bonchev–Trinajstić information content (AvgIpc) is 2.98. The Hall–Kier alpha value is -0.623. The quantitative estimate of drug-likeness (QED) is 0.876. The van der Waals surface area contributed by atoms with Crippen LogP contribution in [-0.4, -0.2) is 33.4 Å². The van der Waals surface area contributed by atoms with Crippen molar-refractivity contribution >= 4 is 46.1 Å². The molecule has 0 aromatic carbocycles. The van der Waals surface area contributed by atoms with E-state index in [-0.39, 0.29) is 6.61 Å². The van der Waals surface area contributed by atoms with Crippen LogP contribution in [0.2, 0.25) is 13.1 Å². The molecule has 0 saturated carbocycles. The third-order valence-corrected chi connectivity index (χ3v) is 9.94. The summed E-state index contributed by atoms with van der Waals surface area (Å²) in [5, 5.41) is 15.7. The fourth-order valence-electron chi connectivity index (χ4n) is 2.58. The van der Waals surface area contributed by atoms with Crippen LogP contribution in [0.5, 0.6) is 0 Å². The summed E-state index contributed by atoms with van der Waals surface area (Å²) in [6.07, 6.45) is 0. The van der Waals surface area contributed by atoms with Gasteiger partial charge in [-0.15, -0.1) is 22.7 Å². The lowest BCUT2D eigenvalue weighted by Gasteiger charge is -2.18. The summed E-state index contributed by atoms with van der Waals surface area (Å²) in [4.78, 5) is 5.13. The SMILES string of the molecule is CN(CCO)c1cc2c(s1)-c1sccc1[Si]2(C)C. The van der Waals surface area contributed by atoms with Crippen LogP contribution in [0.15, 0.2) is 17.5 Å². The number of fused-ring (bicyclic) bond motifs is 3. The molecule has 0 bridgehead atoms. The van der Waals surface area contributed by atoms with E-state index in [1.807, 2.05) is 22.7 Å². The number of aliphatic hydroxyl groups excluding tert-OH is 1. The molecule has 0 fully saturated rings. The Bertz CT molecular complexity index is 588. The lowest BCUT2D eigenvalue weighted by molar-refractivity contribution is 0.304. The second-order valence-electron chi connectivity index (χ2n) is 5.26. The van der Waals surface area contributed by atoms with Crippen LogP contribution in [0.1, 0.15) is 0 Å². The summed E-state index contributed by atoms with van der Waals surface area (Å²) in [7, 11) is 0.611. The van der Waals surface area contributed by atoms with Crippen LogP contribution in [-0.2, 0) is 0 Å². The lowest BCUT2D eigenvalue weighted by atomic mass is 10.4. The van der Waals surface area contributed by atoms with Crippen LogP contribution < -0.4 is 15.3 Å². The largest absolute Gasteiger partial charge is 0.395 e. The number of hydrogen-bond acceptors (Lipinski definition) is 4. The molecule has 1 aliphatic rings. The molecule has 0 spiro atoms. The van der Waals surface area contributed by atoms with Crippen LogP contribution in [0.25, 0.3) is 9.75 Å². The molecule has 0 aliphatic carbocycles. The number of thiophene rings is 2. The average molecular weight is 296 g/mol. The topological polar surface area (TPSA) is 23.5 Å². The molecule has 0 radical (unpaired) electrons. The zero-order valence-electron chi connectivity index (χ0n) is 10.9. The zero-order valence-corrected chi connectivity index (χ0v) is 13.5. The van der Waals surface area contributed by atoms with Crippen molar-refractivity contribution in [2.75, 3.05) is 25.1 Å². The monoisotopic (exact) mass is 295 g/mol. The molecule has 2 aromatic rings. The molecule has 0 atom stereocenters. The first kappa shape index (κ1) is 12.4. The molecule has 96 valence electrons. The van der Waals surface area contributed by atoms with Crippen LogP contribution in [0.3, 0.4) is 0 Å². The van der Waals surface area contributed by atoms with Gasteiger partial charge < -0.3 is 10.0 Å². The van der Waals surface area contributed by atoms with Crippen LogP contribution in [0.4, 0.5) is 5.00 Å². The number of rotatable bonds is 3. The second kappa shape index (κ2) is 4.20. The van der Waals surface area contributed by atoms with E-state index in [1.165, 1.54) is 14.8 Å². The number of anilines is 1. The van der Waals surface area contributed by atoms with Gasteiger partial charge in [0.1, 0.15) is 8.07 Å². The normalized spacial score (nSPS) is 15.6. The van der Waals surface area contributed by atoms with E-state index >= 15 is 0 Å². The Morgan fingerprint density at radius 3 is 2.78 bits per heavy atom. The van der Waals surface area contributed by atoms with Gasteiger partial charge in [-0.25, -0.2) is 0 Å². The van der Waals surface area contributed by atoms with E-state index < -0.39 is 8.07 Å². The van der Waals surface area contributed by atoms with E-state index in [1.54, 1.807) is 10.4 Å². The van der Waals surface area contributed by atoms with Crippen molar-refractivity contribution in [3.05, 3.63) is 17.5 Å². The summed E-state index contributed by atoms with van der Waals surface area (Å²) >= 11 is 3.75. The first-order valence-electron chi connectivity index (χ1n) is 6.10. The highest BCUT2D eigenvalue weighted by Crippen LogP contribution is 2.40. The van der Waals surface area contributed by atoms with Crippen LogP contribution in [0, 0.1) is 0 Å². The van der Waals surface area contributed by atoms with Gasteiger partial charge in [-0.1, -0.05) is 19.2 Å². The first-order chi connectivity index (χ1) is 8.55. The fourth-order valence-corrected chi connectivity index (χ4v) is 9.55. The zero-order chi connectivity index (χ0) is 12.9. The van der Waals surface area contributed by atoms with E-state index in [4.69, 9.17) is 5.11 Å². The van der Waals surface area contributed by atoms with Crippen molar-refractivity contribution in [2.45, 2.75) is 13.1 Å². The molecule has 2 nitrogen and oxygen atoms in total. The maximum atomic E-state index is 9.05. The summed E-state index contributed by atoms with van der Waals surface area (Å²) in [6.45, 7) is 5.79. The first-order valence-corrected chi connectivity index (χ1v) is 10.8. The van der Waals surface area contributed by atoms with Crippen molar-refractivity contribution in [1.29, 1.82) is 0 Å². The molecule has 3 rings (SSSR count). The highest BCUT2D eigenvalue weighted by atomic mass is 32.1. The molecule has 0 amide bonds. The molecule has 1 aliphatic heterocycles. The van der Waals surface area contributed by atoms with Crippen LogP contribution >= 0.6 is 22.7 Å². The molecular formula is C13H17NOS2Si. The molecule has 3 heterocycles. The number of hydrogen-bond donors (Lipinski definition) is 1. The molecule has 5 heteroatoms. The van der Waals surface area contributed by atoms with E-state index in [2.05, 4.69) is 42.6 Å². The lowest BCUT2D eigenvalue weighted by Crippen LogP contribution is -2.48.